The van der Waals surface area contributed by atoms with Crippen LogP contribution in [0.3, 0.4) is 0 Å². The van der Waals surface area contributed by atoms with Gasteiger partial charge >= 0.3 is 6.18 Å². The molecule has 0 spiro atoms. The van der Waals surface area contributed by atoms with Gasteiger partial charge in [-0.2, -0.15) is 13.2 Å². The van der Waals surface area contributed by atoms with Gasteiger partial charge in [0.15, 0.2) is 24.1 Å². The van der Waals surface area contributed by atoms with E-state index in [1.807, 2.05) is 0 Å². The summed E-state index contributed by atoms with van der Waals surface area (Å²) in [7, 11) is 0. The molecule has 0 saturated heterocycles. The molecule has 11 heteroatoms. The van der Waals surface area contributed by atoms with Crippen LogP contribution >= 0.6 is 24.0 Å². The molecule has 0 bridgehead atoms. The summed E-state index contributed by atoms with van der Waals surface area (Å²) in [5.41, 5.74) is 7.25. The smallest absolute Gasteiger partial charge is 0.422 e. The van der Waals surface area contributed by atoms with Crippen LogP contribution in [0.2, 0.25) is 0 Å². The molecule has 1 aliphatic rings. The van der Waals surface area contributed by atoms with E-state index in [9.17, 15) is 13.2 Å². The highest BCUT2D eigenvalue weighted by atomic mass is 127. The summed E-state index contributed by atoms with van der Waals surface area (Å²) >= 11 is 0. The Bertz CT molecular complexity index is 832. The predicted octanol–water partition coefficient (Wildman–Crippen LogP) is 3.73. The Balaban J connectivity index is 0.00000300. The number of ether oxygens (including phenoxy) is 3. The van der Waals surface area contributed by atoms with Crippen molar-refractivity contribution in [3.63, 3.8) is 0 Å². The molecule has 0 atom stereocenters. The van der Waals surface area contributed by atoms with Crippen LogP contribution in [0.25, 0.3) is 0 Å². The highest BCUT2D eigenvalue weighted by molar-refractivity contribution is 14.0. The molecule has 0 saturated carbocycles. The summed E-state index contributed by atoms with van der Waals surface area (Å²) < 4.78 is 52.1. The van der Waals surface area contributed by atoms with Gasteiger partial charge < -0.3 is 25.3 Å². The largest absolute Gasteiger partial charge is 0.490 e. The Morgan fingerprint density at radius 1 is 1.17 bits per heavy atom. The average Bonchev–Trinajstić information content (AvgIpc) is 2.90. The van der Waals surface area contributed by atoms with Crippen molar-refractivity contribution in [1.29, 1.82) is 0 Å². The van der Waals surface area contributed by atoms with Crippen LogP contribution in [-0.2, 0) is 6.54 Å². The van der Waals surface area contributed by atoms with Crippen molar-refractivity contribution < 1.29 is 27.4 Å². The summed E-state index contributed by atoms with van der Waals surface area (Å²) in [5.74, 6) is 1.38. The average molecular weight is 524 g/mol. The van der Waals surface area contributed by atoms with E-state index in [0.717, 1.165) is 6.42 Å². The second-order valence-corrected chi connectivity index (χ2v) is 5.95. The van der Waals surface area contributed by atoms with Crippen molar-refractivity contribution >= 4 is 35.6 Å². The van der Waals surface area contributed by atoms with Crippen molar-refractivity contribution in [2.45, 2.75) is 19.1 Å². The van der Waals surface area contributed by atoms with Gasteiger partial charge in [-0.15, -0.1) is 24.0 Å². The highest BCUT2D eigenvalue weighted by Gasteiger charge is 2.28. The lowest BCUT2D eigenvalue weighted by Crippen LogP contribution is -2.22. The van der Waals surface area contributed by atoms with Gasteiger partial charge in [0, 0.05) is 30.4 Å². The molecule has 29 heavy (non-hydrogen) atoms. The maximum absolute atomic E-state index is 12.1. The van der Waals surface area contributed by atoms with E-state index in [4.69, 9.17) is 15.2 Å². The van der Waals surface area contributed by atoms with Crippen molar-refractivity contribution in [3.05, 3.63) is 42.1 Å². The van der Waals surface area contributed by atoms with Crippen LogP contribution in [0.15, 0.2) is 41.5 Å². The maximum atomic E-state index is 12.1. The first kappa shape index (κ1) is 22.8. The summed E-state index contributed by atoms with van der Waals surface area (Å²) in [4.78, 5) is 8.00. The molecular formula is C18H20F3IN4O3. The van der Waals surface area contributed by atoms with Crippen LogP contribution in [-0.4, -0.2) is 36.9 Å². The molecule has 3 N–H and O–H groups in total. The standard InChI is InChI=1S/C18H19F3N4O3.HI/c19-18(20,21)11-28-16-5-2-12(9-23-16)10-24-17(22)25-13-3-4-14-15(8-13)27-7-1-6-26-14;/h2-5,8-9H,1,6-7,10-11H2,(H3,22,24,25);1H. The van der Waals surface area contributed by atoms with E-state index < -0.39 is 12.8 Å². The van der Waals surface area contributed by atoms with E-state index in [0.29, 0.717) is 36.0 Å². The Labute approximate surface area is 182 Å². The minimum atomic E-state index is -4.41. The fraction of sp³-hybridized carbons (Fsp3) is 0.333. The van der Waals surface area contributed by atoms with Gasteiger partial charge in [-0.25, -0.2) is 9.98 Å². The number of rotatable bonds is 5. The summed E-state index contributed by atoms with van der Waals surface area (Å²) in [6.07, 6.45) is -2.21. The number of aromatic nitrogens is 1. The zero-order valence-corrected chi connectivity index (χ0v) is 17.6. The van der Waals surface area contributed by atoms with Gasteiger partial charge in [0.25, 0.3) is 0 Å². The zero-order chi connectivity index (χ0) is 20.0. The summed E-state index contributed by atoms with van der Waals surface area (Å²) in [5, 5.41) is 2.95. The Hall–Kier alpha value is -2.44. The number of fused-ring (bicyclic) bond motifs is 1. The number of nitrogens with zero attached hydrogens (tertiary/aromatic N) is 2. The van der Waals surface area contributed by atoms with Crippen molar-refractivity contribution in [2.24, 2.45) is 10.7 Å². The lowest BCUT2D eigenvalue weighted by atomic mass is 10.2. The van der Waals surface area contributed by atoms with Crippen LogP contribution in [0.5, 0.6) is 17.4 Å². The summed E-state index contributed by atoms with van der Waals surface area (Å²) in [6, 6.07) is 8.29. The molecule has 0 unspecified atom stereocenters. The molecular weight excluding hydrogens is 504 g/mol. The number of pyridine rings is 1. The number of halogens is 4. The highest BCUT2D eigenvalue weighted by Crippen LogP contribution is 2.32. The first-order valence-corrected chi connectivity index (χ1v) is 8.50. The van der Waals surface area contributed by atoms with Crippen molar-refractivity contribution in [1.82, 2.24) is 4.98 Å². The quantitative estimate of drug-likeness (QED) is 0.352. The third kappa shape index (κ3) is 7.48. The molecule has 3 rings (SSSR count). The van der Waals surface area contributed by atoms with Gasteiger partial charge in [0.2, 0.25) is 5.88 Å². The minimum Gasteiger partial charge on any atom is -0.490 e. The number of aliphatic imine (C=N–C) groups is 1. The molecule has 2 aromatic rings. The third-order valence-corrected chi connectivity index (χ3v) is 3.63. The second kappa shape index (κ2) is 10.4. The van der Waals surface area contributed by atoms with Crippen LogP contribution in [0, 0.1) is 0 Å². The molecule has 158 valence electrons. The molecule has 0 radical (unpaired) electrons. The van der Waals surface area contributed by atoms with Gasteiger partial charge in [0.05, 0.1) is 19.8 Å². The SMILES string of the molecule is I.NC(=NCc1ccc(OCC(F)(F)F)nc1)Nc1ccc2c(c1)OCCCO2. The van der Waals surface area contributed by atoms with Crippen LogP contribution < -0.4 is 25.3 Å². The normalized spacial score (nSPS) is 13.8. The van der Waals surface area contributed by atoms with Crippen molar-refractivity contribution in [2.75, 3.05) is 25.1 Å². The zero-order valence-electron chi connectivity index (χ0n) is 15.2. The van der Waals surface area contributed by atoms with Crippen molar-refractivity contribution in [3.8, 4) is 17.4 Å². The fourth-order valence-corrected chi connectivity index (χ4v) is 2.35. The first-order valence-electron chi connectivity index (χ1n) is 8.50. The summed E-state index contributed by atoms with van der Waals surface area (Å²) in [6.45, 7) is 0.00693. The van der Waals surface area contributed by atoms with E-state index in [-0.39, 0.29) is 42.4 Å². The number of nitrogens with two attached hydrogens (primary N) is 1. The van der Waals surface area contributed by atoms with Gasteiger partial charge in [0.1, 0.15) is 0 Å². The van der Waals surface area contributed by atoms with Gasteiger partial charge in [-0.3, -0.25) is 0 Å². The monoisotopic (exact) mass is 524 g/mol. The molecule has 0 amide bonds. The molecule has 1 aromatic heterocycles. The molecule has 1 aromatic carbocycles. The molecule has 0 aliphatic carbocycles. The first-order chi connectivity index (χ1) is 13.4. The van der Waals surface area contributed by atoms with Gasteiger partial charge in [-0.1, -0.05) is 6.07 Å². The van der Waals surface area contributed by atoms with E-state index in [2.05, 4.69) is 20.0 Å². The minimum absolute atomic E-state index is 0. The number of nitrogens with one attached hydrogen (secondary N) is 1. The second-order valence-electron chi connectivity index (χ2n) is 5.95. The number of hydrogen-bond donors (Lipinski definition) is 2. The molecule has 1 aliphatic heterocycles. The topological polar surface area (TPSA) is 91.0 Å². The lowest BCUT2D eigenvalue weighted by Gasteiger charge is -2.11. The number of guanidine groups is 1. The Morgan fingerprint density at radius 2 is 1.93 bits per heavy atom. The number of benzene rings is 1. The van der Waals surface area contributed by atoms with E-state index in [1.165, 1.54) is 12.3 Å². The van der Waals surface area contributed by atoms with E-state index in [1.54, 1.807) is 24.3 Å². The third-order valence-electron chi connectivity index (χ3n) is 3.63. The molecule has 7 nitrogen and oxygen atoms in total. The number of hydrogen-bond acceptors (Lipinski definition) is 5. The maximum Gasteiger partial charge on any atom is 0.422 e. The molecule has 2 heterocycles. The lowest BCUT2D eigenvalue weighted by molar-refractivity contribution is -0.154. The van der Waals surface area contributed by atoms with E-state index >= 15 is 0 Å². The fourth-order valence-electron chi connectivity index (χ4n) is 2.35. The van der Waals surface area contributed by atoms with Crippen LogP contribution in [0.4, 0.5) is 18.9 Å². The number of alkyl halides is 3. The predicted molar refractivity (Wildman–Crippen MR) is 112 cm³/mol. The van der Waals surface area contributed by atoms with Crippen LogP contribution in [0.1, 0.15) is 12.0 Å². The Kier molecular flexibility index (Phi) is 8.17. The van der Waals surface area contributed by atoms with Gasteiger partial charge in [-0.05, 0) is 17.7 Å². The molecule has 0 fully saturated rings. The number of anilines is 1. The Morgan fingerprint density at radius 3 is 2.62 bits per heavy atom.